The van der Waals surface area contributed by atoms with Crippen molar-refractivity contribution in [3.63, 3.8) is 0 Å². The number of fused-ring (bicyclic) bond motifs is 5. The van der Waals surface area contributed by atoms with Gasteiger partial charge in [-0.2, -0.15) is 11.8 Å². The lowest BCUT2D eigenvalue weighted by Gasteiger charge is -2.34. The van der Waals surface area contributed by atoms with Crippen LogP contribution in [-0.2, 0) is 0 Å². The number of hydrogen-bond acceptors (Lipinski definition) is 2. The van der Waals surface area contributed by atoms with E-state index in [4.69, 9.17) is 0 Å². The molecule has 3 saturated carbocycles. The van der Waals surface area contributed by atoms with Gasteiger partial charge in [-0.3, -0.25) is 0 Å². The number of rotatable bonds is 6. The molecule has 3 aliphatic rings. The Hall–Kier alpha value is 0.310. The Morgan fingerprint density at radius 2 is 2.00 bits per heavy atom. The molecule has 3 rings (SSSR count). The minimum absolute atomic E-state index is 0.730. The van der Waals surface area contributed by atoms with Gasteiger partial charge in [0.05, 0.1) is 0 Å². The van der Waals surface area contributed by atoms with E-state index in [9.17, 15) is 0 Å². The van der Waals surface area contributed by atoms with Crippen LogP contribution in [0.25, 0.3) is 0 Å². The summed E-state index contributed by atoms with van der Waals surface area (Å²) >= 11 is 2.09. The van der Waals surface area contributed by atoms with Crippen molar-refractivity contribution in [3.05, 3.63) is 0 Å². The topological polar surface area (TPSA) is 12.0 Å². The van der Waals surface area contributed by atoms with Gasteiger partial charge in [0.1, 0.15) is 0 Å². The molecule has 0 heterocycles. The molecule has 0 aromatic rings. The van der Waals surface area contributed by atoms with E-state index in [0.717, 1.165) is 35.8 Å². The fourth-order valence-electron chi connectivity index (χ4n) is 5.11. The van der Waals surface area contributed by atoms with E-state index >= 15 is 0 Å². The molecular weight excluding hydrogens is 238 g/mol. The van der Waals surface area contributed by atoms with Crippen LogP contribution in [0.4, 0.5) is 0 Å². The summed E-state index contributed by atoms with van der Waals surface area (Å²) < 4.78 is 0. The highest BCUT2D eigenvalue weighted by Crippen LogP contribution is 2.58. The third-order valence-electron chi connectivity index (χ3n) is 5.83. The van der Waals surface area contributed by atoms with Crippen LogP contribution in [-0.4, -0.2) is 23.6 Å². The first-order valence-corrected chi connectivity index (χ1v) is 9.28. The summed E-state index contributed by atoms with van der Waals surface area (Å²) in [6.45, 7) is 4.66. The zero-order chi connectivity index (χ0) is 12.5. The maximum atomic E-state index is 3.97. The van der Waals surface area contributed by atoms with Crippen LogP contribution in [0, 0.1) is 23.7 Å². The van der Waals surface area contributed by atoms with Gasteiger partial charge in [0.25, 0.3) is 0 Å². The number of nitrogens with one attached hydrogen (secondary N) is 1. The molecule has 0 aliphatic heterocycles. The van der Waals surface area contributed by atoms with E-state index < -0.39 is 0 Å². The second-order valence-corrected chi connectivity index (χ2v) is 8.21. The summed E-state index contributed by atoms with van der Waals surface area (Å²) in [5.74, 6) is 6.99. The lowest BCUT2D eigenvalue weighted by Crippen LogP contribution is -2.43. The van der Waals surface area contributed by atoms with Crippen LogP contribution in [0.3, 0.4) is 0 Å². The Morgan fingerprint density at radius 3 is 2.83 bits per heavy atom. The van der Waals surface area contributed by atoms with Crippen LogP contribution < -0.4 is 5.32 Å². The maximum absolute atomic E-state index is 3.97. The fraction of sp³-hybridized carbons (Fsp3) is 1.00. The standard InChI is InChI=1S/C16H29NS/c1-3-18-8-7-11(2)17-16-10-12-9-15(16)14-6-4-5-13(12)14/h11-17H,3-10H2,1-2H3. The molecule has 0 aromatic heterocycles. The first kappa shape index (κ1) is 13.3. The summed E-state index contributed by atoms with van der Waals surface area (Å²) in [7, 11) is 0. The predicted molar refractivity (Wildman–Crippen MR) is 81.0 cm³/mol. The van der Waals surface area contributed by atoms with Crippen molar-refractivity contribution < 1.29 is 0 Å². The zero-order valence-electron chi connectivity index (χ0n) is 12.0. The monoisotopic (exact) mass is 267 g/mol. The van der Waals surface area contributed by atoms with E-state index in [0.29, 0.717) is 0 Å². The smallest absolute Gasteiger partial charge is 0.0103 e. The maximum Gasteiger partial charge on any atom is 0.0103 e. The Balaban J connectivity index is 1.47. The lowest BCUT2D eigenvalue weighted by atomic mass is 9.79. The van der Waals surface area contributed by atoms with E-state index in [2.05, 4.69) is 30.9 Å². The van der Waals surface area contributed by atoms with Gasteiger partial charge in [-0.05, 0) is 74.2 Å². The van der Waals surface area contributed by atoms with Gasteiger partial charge in [-0.25, -0.2) is 0 Å². The van der Waals surface area contributed by atoms with Crippen molar-refractivity contribution in [1.29, 1.82) is 0 Å². The molecule has 0 radical (unpaired) electrons. The summed E-state index contributed by atoms with van der Waals surface area (Å²) in [6.07, 6.45) is 9.03. The zero-order valence-corrected chi connectivity index (χ0v) is 12.8. The van der Waals surface area contributed by atoms with E-state index in [-0.39, 0.29) is 0 Å². The van der Waals surface area contributed by atoms with Crippen molar-refractivity contribution >= 4 is 11.8 Å². The highest BCUT2D eigenvalue weighted by molar-refractivity contribution is 7.99. The first-order chi connectivity index (χ1) is 8.79. The lowest BCUT2D eigenvalue weighted by molar-refractivity contribution is 0.199. The van der Waals surface area contributed by atoms with Crippen molar-refractivity contribution in [2.75, 3.05) is 11.5 Å². The molecule has 0 amide bonds. The minimum Gasteiger partial charge on any atom is -0.311 e. The Bertz CT molecular complexity index is 280. The van der Waals surface area contributed by atoms with Crippen molar-refractivity contribution in [1.82, 2.24) is 5.32 Å². The van der Waals surface area contributed by atoms with Crippen LogP contribution in [0.5, 0.6) is 0 Å². The fourth-order valence-corrected chi connectivity index (χ4v) is 5.92. The van der Waals surface area contributed by atoms with Gasteiger partial charge in [0.2, 0.25) is 0 Å². The average Bonchev–Trinajstić information content (AvgIpc) is 3.00. The summed E-state index contributed by atoms with van der Waals surface area (Å²) in [6, 6.07) is 1.60. The van der Waals surface area contributed by atoms with Crippen molar-refractivity contribution in [2.24, 2.45) is 23.7 Å². The van der Waals surface area contributed by atoms with Crippen LogP contribution in [0.15, 0.2) is 0 Å². The number of hydrogen-bond donors (Lipinski definition) is 1. The first-order valence-electron chi connectivity index (χ1n) is 8.13. The van der Waals surface area contributed by atoms with Crippen molar-refractivity contribution in [2.45, 2.75) is 64.5 Å². The molecule has 2 bridgehead atoms. The number of thioether (sulfide) groups is 1. The Morgan fingerprint density at radius 1 is 1.17 bits per heavy atom. The molecule has 0 saturated heterocycles. The highest BCUT2D eigenvalue weighted by atomic mass is 32.2. The normalized spacial score (nSPS) is 43.3. The highest BCUT2D eigenvalue weighted by Gasteiger charge is 2.53. The third kappa shape index (κ3) is 2.47. The van der Waals surface area contributed by atoms with Gasteiger partial charge in [-0.15, -0.1) is 0 Å². The quantitative estimate of drug-likeness (QED) is 0.732. The Kier molecular flexibility index (Phi) is 4.25. The molecule has 6 unspecified atom stereocenters. The van der Waals surface area contributed by atoms with Gasteiger partial charge >= 0.3 is 0 Å². The van der Waals surface area contributed by atoms with Gasteiger partial charge in [0, 0.05) is 12.1 Å². The van der Waals surface area contributed by atoms with E-state index in [1.807, 2.05) is 0 Å². The van der Waals surface area contributed by atoms with Gasteiger partial charge in [0.15, 0.2) is 0 Å². The van der Waals surface area contributed by atoms with Crippen LogP contribution in [0.2, 0.25) is 0 Å². The SMILES string of the molecule is CCSCCC(C)NC1CC2CC1C1CCCC21. The molecule has 0 spiro atoms. The summed E-state index contributed by atoms with van der Waals surface area (Å²) in [5.41, 5.74) is 0. The molecular formula is C16H29NS. The second kappa shape index (κ2) is 5.75. The van der Waals surface area contributed by atoms with Gasteiger partial charge < -0.3 is 5.32 Å². The molecule has 1 N–H and O–H groups in total. The van der Waals surface area contributed by atoms with Gasteiger partial charge in [-0.1, -0.05) is 13.3 Å². The molecule has 2 heteroatoms. The molecule has 104 valence electrons. The van der Waals surface area contributed by atoms with Crippen LogP contribution >= 0.6 is 11.8 Å². The molecule has 0 aromatic carbocycles. The molecule has 1 nitrogen and oxygen atoms in total. The molecule has 3 fully saturated rings. The summed E-state index contributed by atoms with van der Waals surface area (Å²) in [4.78, 5) is 0. The minimum atomic E-state index is 0.730. The van der Waals surface area contributed by atoms with E-state index in [1.54, 1.807) is 19.3 Å². The molecule has 18 heavy (non-hydrogen) atoms. The molecule has 6 atom stereocenters. The average molecular weight is 267 g/mol. The van der Waals surface area contributed by atoms with E-state index in [1.165, 1.54) is 30.8 Å². The predicted octanol–water partition coefficient (Wildman–Crippen LogP) is 3.93. The van der Waals surface area contributed by atoms with Crippen molar-refractivity contribution in [3.8, 4) is 0 Å². The second-order valence-electron chi connectivity index (χ2n) is 6.81. The largest absolute Gasteiger partial charge is 0.311 e. The Labute approximate surface area is 117 Å². The molecule has 3 aliphatic carbocycles. The summed E-state index contributed by atoms with van der Waals surface area (Å²) in [5, 5.41) is 3.97. The third-order valence-corrected chi connectivity index (χ3v) is 6.76. The van der Waals surface area contributed by atoms with Crippen LogP contribution in [0.1, 0.15) is 52.4 Å².